The maximum Gasteiger partial charge on any atom is 0.324 e. The van der Waals surface area contributed by atoms with E-state index in [2.05, 4.69) is 15.3 Å². The Kier molecular flexibility index (Phi) is 4.19. The Morgan fingerprint density at radius 3 is 3.09 bits per heavy atom. The van der Waals surface area contributed by atoms with Gasteiger partial charge in [-0.15, -0.1) is 0 Å². The third-order valence-electron chi connectivity index (χ3n) is 3.23. The number of H-pyrrole nitrogens is 1. The van der Waals surface area contributed by atoms with Crippen molar-refractivity contribution in [1.82, 2.24) is 20.2 Å². The number of nitrogens with one attached hydrogen (secondary N) is 2. The molecule has 1 saturated heterocycles. The Balaban J connectivity index is 1.66. The predicted octanol–water partition coefficient (Wildman–Crippen LogP) is 1.61. The number of nitrogens with zero attached hydrogens (tertiary/aromatic N) is 2. The number of aromatic amines is 1. The van der Waals surface area contributed by atoms with E-state index < -0.39 is 0 Å². The van der Waals surface area contributed by atoms with Crippen LogP contribution in [0.15, 0.2) is 23.4 Å². The molecule has 0 spiro atoms. The van der Waals surface area contributed by atoms with Crippen molar-refractivity contribution < 1.29 is 14.3 Å². The summed E-state index contributed by atoms with van der Waals surface area (Å²) in [5, 5.41) is 3.26. The first-order valence-corrected chi connectivity index (χ1v) is 7.99. The summed E-state index contributed by atoms with van der Waals surface area (Å²) >= 11 is 1.28. The van der Waals surface area contributed by atoms with Crippen LogP contribution in [-0.2, 0) is 4.79 Å². The molecule has 7 nitrogen and oxygen atoms in total. The Morgan fingerprint density at radius 1 is 1.50 bits per heavy atom. The summed E-state index contributed by atoms with van der Waals surface area (Å²) in [5.41, 5.74) is 1.68. The van der Waals surface area contributed by atoms with E-state index in [1.807, 2.05) is 25.1 Å². The average molecular weight is 320 g/mol. The summed E-state index contributed by atoms with van der Waals surface area (Å²) in [6, 6.07) is 5.29. The van der Waals surface area contributed by atoms with Gasteiger partial charge in [0.25, 0.3) is 0 Å². The van der Waals surface area contributed by atoms with Crippen LogP contribution >= 0.6 is 11.8 Å². The first kappa shape index (κ1) is 14.7. The smallest absolute Gasteiger partial charge is 0.324 e. The van der Waals surface area contributed by atoms with E-state index in [4.69, 9.17) is 4.74 Å². The molecular weight excluding hydrogens is 304 g/mol. The average Bonchev–Trinajstić information content (AvgIpc) is 3.10. The Bertz CT molecular complexity index is 715. The number of ether oxygens (including phenoxy) is 1. The summed E-state index contributed by atoms with van der Waals surface area (Å²) in [5.74, 6) is 0.737. The molecule has 1 aliphatic rings. The van der Waals surface area contributed by atoms with Crippen LogP contribution in [-0.4, -0.2) is 52.3 Å². The highest BCUT2D eigenvalue weighted by Gasteiger charge is 2.26. The number of urea groups is 1. The second-order valence-electron chi connectivity index (χ2n) is 4.72. The highest BCUT2D eigenvalue weighted by molar-refractivity contribution is 7.99. The Hall–Kier alpha value is -2.22. The number of benzene rings is 1. The first-order chi connectivity index (χ1) is 10.7. The number of carbonyl (C=O) groups is 2. The Labute approximate surface area is 131 Å². The normalized spacial score (nSPS) is 14.4. The molecule has 0 radical (unpaired) electrons. The predicted molar refractivity (Wildman–Crippen MR) is 83.1 cm³/mol. The molecule has 8 heteroatoms. The van der Waals surface area contributed by atoms with Gasteiger partial charge in [0, 0.05) is 19.2 Å². The second kappa shape index (κ2) is 6.27. The third kappa shape index (κ3) is 3.01. The molecular formula is C14H16N4O3S. The molecule has 0 atom stereocenters. The number of imide groups is 1. The highest BCUT2D eigenvalue weighted by atomic mass is 32.2. The molecule has 0 saturated carbocycles. The van der Waals surface area contributed by atoms with Gasteiger partial charge in [-0.1, -0.05) is 11.8 Å². The van der Waals surface area contributed by atoms with E-state index in [1.54, 1.807) is 0 Å². The fourth-order valence-electron chi connectivity index (χ4n) is 2.21. The molecule has 1 aromatic heterocycles. The van der Waals surface area contributed by atoms with Crippen LogP contribution in [0.3, 0.4) is 0 Å². The van der Waals surface area contributed by atoms with Crippen LogP contribution in [0.5, 0.6) is 5.75 Å². The zero-order chi connectivity index (χ0) is 15.5. The molecule has 3 rings (SSSR count). The molecule has 3 amide bonds. The van der Waals surface area contributed by atoms with Gasteiger partial charge < -0.3 is 15.0 Å². The number of rotatable bonds is 5. The van der Waals surface area contributed by atoms with E-state index in [0.29, 0.717) is 24.9 Å². The summed E-state index contributed by atoms with van der Waals surface area (Å²) < 4.78 is 5.44. The molecule has 1 aliphatic heterocycles. The van der Waals surface area contributed by atoms with Crippen LogP contribution in [0.4, 0.5) is 4.79 Å². The largest absolute Gasteiger partial charge is 0.494 e. The van der Waals surface area contributed by atoms with Crippen molar-refractivity contribution in [2.24, 2.45) is 0 Å². The van der Waals surface area contributed by atoms with Gasteiger partial charge in [0.15, 0.2) is 5.16 Å². The van der Waals surface area contributed by atoms with E-state index >= 15 is 0 Å². The van der Waals surface area contributed by atoms with Crippen LogP contribution < -0.4 is 10.1 Å². The van der Waals surface area contributed by atoms with E-state index in [9.17, 15) is 9.59 Å². The molecule has 116 valence electrons. The van der Waals surface area contributed by atoms with E-state index in [1.165, 1.54) is 16.7 Å². The van der Waals surface area contributed by atoms with Gasteiger partial charge >= 0.3 is 6.03 Å². The maximum atomic E-state index is 12.0. The van der Waals surface area contributed by atoms with Crippen molar-refractivity contribution in [2.45, 2.75) is 12.1 Å². The van der Waals surface area contributed by atoms with E-state index in [-0.39, 0.29) is 17.7 Å². The minimum Gasteiger partial charge on any atom is -0.494 e. The number of aromatic nitrogens is 2. The van der Waals surface area contributed by atoms with Crippen molar-refractivity contribution in [1.29, 1.82) is 0 Å². The molecule has 22 heavy (non-hydrogen) atoms. The fraction of sp³-hybridized carbons (Fsp3) is 0.357. The zero-order valence-corrected chi connectivity index (χ0v) is 12.9. The second-order valence-corrected chi connectivity index (χ2v) is 5.68. The molecule has 1 aromatic carbocycles. The number of thioether (sulfide) groups is 1. The number of hydrogen-bond acceptors (Lipinski definition) is 5. The highest BCUT2D eigenvalue weighted by Crippen LogP contribution is 2.23. The fourth-order valence-corrected chi connectivity index (χ4v) is 2.97. The number of amides is 3. The minimum atomic E-state index is -0.323. The van der Waals surface area contributed by atoms with Crippen molar-refractivity contribution in [3.63, 3.8) is 0 Å². The lowest BCUT2D eigenvalue weighted by Crippen LogP contribution is -2.35. The van der Waals surface area contributed by atoms with Crippen molar-refractivity contribution >= 4 is 34.7 Å². The van der Waals surface area contributed by atoms with Gasteiger partial charge in [-0.2, -0.15) is 0 Å². The van der Waals surface area contributed by atoms with Gasteiger partial charge in [0.1, 0.15) is 5.75 Å². The molecule has 0 unspecified atom stereocenters. The summed E-state index contributed by atoms with van der Waals surface area (Å²) in [6.07, 6.45) is 0. The lowest BCUT2D eigenvalue weighted by atomic mass is 10.3. The quantitative estimate of drug-likeness (QED) is 0.817. The van der Waals surface area contributed by atoms with Crippen LogP contribution in [0, 0.1) is 0 Å². The first-order valence-electron chi connectivity index (χ1n) is 7.01. The van der Waals surface area contributed by atoms with Gasteiger partial charge in [-0.25, -0.2) is 9.78 Å². The van der Waals surface area contributed by atoms with Gasteiger partial charge in [0.2, 0.25) is 5.91 Å². The van der Waals surface area contributed by atoms with Crippen molar-refractivity contribution in [3.05, 3.63) is 18.2 Å². The number of imidazole rings is 1. The SMILES string of the molecule is CCOc1ccc2nc(SCC(=O)N3CCNC3=O)[nH]c2c1. The number of fused-ring (bicyclic) bond motifs is 1. The van der Waals surface area contributed by atoms with Crippen LogP contribution in [0.2, 0.25) is 0 Å². The van der Waals surface area contributed by atoms with Crippen molar-refractivity contribution in [2.75, 3.05) is 25.4 Å². The third-order valence-corrected chi connectivity index (χ3v) is 4.09. The Morgan fingerprint density at radius 2 is 2.36 bits per heavy atom. The van der Waals surface area contributed by atoms with Crippen molar-refractivity contribution in [3.8, 4) is 5.75 Å². The lowest BCUT2D eigenvalue weighted by Gasteiger charge is -2.10. The standard InChI is InChI=1S/C14H16N4O3S/c1-2-21-9-3-4-10-11(7-9)17-13(16-10)22-8-12(19)18-6-5-15-14(18)20/h3-4,7H,2,5-6,8H2,1H3,(H,15,20)(H,16,17). The molecule has 0 aliphatic carbocycles. The molecule has 0 bridgehead atoms. The number of carbonyl (C=O) groups excluding carboxylic acids is 2. The van der Waals surface area contributed by atoms with Gasteiger partial charge in [-0.05, 0) is 19.1 Å². The minimum absolute atomic E-state index is 0.172. The molecule has 2 aromatic rings. The molecule has 2 N–H and O–H groups in total. The summed E-state index contributed by atoms with van der Waals surface area (Å²) in [6.45, 7) is 3.47. The topological polar surface area (TPSA) is 87.3 Å². The van der Waals surface area contributed by atoms with E-state index in [0.717, 1.165) is 16.8 Å². The van der Waals surface area contributed by atoms with Gasteiger partial charge in [0.05, 0.1) is 23.4 Å². The summed E-state index contributed by atoms with van der Waals surface area (Å²) in [4.78, 5) is 32.2. The maximum absolute atomic E-state index is 12.0. The van der Waals surface area contributed by atoms with Gasteiger partial charge in [-0.3, -0.25) is 9.69 Å². The lowest BCUT2D eigenvalue weighted by molar-refractivity contribution is -0.124. The summed E-state index contributed by atoms with van der Waals surface area (Å²) in [7, 11) is 0. The van der Waals surface area contributed by atoms with Crippen LogP contribution in [0.1, 0.15) is 6.92 Å². The molecule has 2 heterocycles. The van der Waals surface area contributed by atoms with Crippen LogP contribution in [0.25, 0.3) is 11.0 Å². The number of hydrogen-bond donors (Lipinski definition) is 2. The molecule has 1 fully saturated rings. The monoisotopic (exact) mass is 320 g/mol. The zero-order valence-electron chi connectivity index (χ0n) is 12.1.